The van der Waals surface area contributed by atoms with Crippen LogP contribution in [0.25, 0.3) is 11.0 Å². The highest BCUT2D eigenvalue weighted by Gasteiger charge is 2.03. The molecule has 0 bridgehead atoms. The van der Waals surface area contributed by atoms with Crippen molar-refractivity contribution in [3.05, 3.63) is 18.2 Å². The van der Waals surface area contributed by atoms with Crippen molar-refractivity contribution in [2.24, 2.45) is 0 Å². The van der Waals surface area contributed by atoms with Crippen LogP contribution in [-0.2, 0) is 11.5 Å². The summed E-state index contributed by atoms with van der Waals surface area (Å²) in [5.74, 6) is 0. The lowest BCUT2D eigenvalue weighted by Crippen LogP contribution is -2.01. The van der Waals surface area contributed by atoms with Gasteiger partial charge in [-0.15, -0.1) is 5.10 Å². The van der Waals surface area contributed by atoms with E-state index >= 15 is 0 Å². The summed E-state index contributed by atoms with van der Waals surface area (Å²) in [6.45, 7) is 0.420. The van der Waals surface area contributed by atoms with Crippen molar-refractivity contribution < 1.29 is 4.74 Å². The number of ether oxygens (including phenoxy) is 1. The van der Waals surface area contributed by atoms with Crippen molar-refractivity contribution in [2.75, 3.05) is 19.5 Å². The van der Waals surface area contributed by atoms with Gasteiger partial charge in [-0.2, -0.15) is 0 Å². The zero-order valence-corrected chi connectivity index (χ0v) is 8.19. The van der Waals surface area contributed by atoms with Crippen LogP contribution < -0.4 is 5.32 Å². The lowest BCUT2D eigenvalue weighted by molar-refractivity contribution is 0.122. The topological polar surface area (TPSA) is 52.0 Å². The number of fused-ring (bicyclic) bond motifs is 1. The molecule has 14 heavy (non-hydrogen) atoms. The number of hydrogen-bond acceptors (Lipinski definition) is 4. The number of benzene rings is 1. The van der Waals surface area contributed by atoms with E-state index in [-0.39, 0.29) is 0 Å². The second kappa shape index (κ2) is 3.63. The number of anilines is 1. The fraction of sp³-hybridized carbons (Fsp3) is 0.333. The van der Waals surface area contributed by atoms with Crippen LogP contribution in [0, 0.1) is 0 Å². The van der Waals surface area contributed by atoms with E-state index in [1.807, 2.05) is 25.2 Å². The minimum atomic E-state index is 0.420. The van der Waals surface area contributed by atoms with Crippen LogP contribution >= 0.6 is 0 Å². The van der Waals surface area contributed by atoms with Crippen molar-refractivity contribution in [1.29, 1.82) is 0 Å². The average molecular weight is 192 g/mol. The molecular weight excluding hydrogens is 180 g/mol. The zero-order chi connectivity index (χ0) is 9.97. The predicted molar refractivity (Wildman–Crippen MR) is 54.1 cm³/mol. The molecule has 2 rings (SSSR count). The van der Waals surface area contributed by atoms with Crippen molar-refractivity contribution in [3.63, 3.8) is 0 Å². The fourth-order valence-electron chi connectivity index (χ4n) is 1.34. The molecule has 0 aliphatic rings. The maximum atomic E-state index is 5.01. The fourth-order valence-corrected chi connectivity index (χ4v) is 1.34. The van der Waals surface area contributed by atoms with Gasteiger partial charge < -0.3 is 10.1 Å². The minimum Gasteiger partial charge on any atom is -0.388 e. The molecule has 0 spiro atoms. The van der Waals surface area contributed by atoms with Gasteiger partial charge in [-0.05, 0) is 18.2 Å². The van der Waals surface area contributed by atoms with E-state index in [9.17, 15) is 0 Å². The Kier molecular flexibility index (Phi) is 2.32. The first-order valence-corrected chi connectivity index (χ1v) is 4.35. The lowest BCUT2D eigenvalue weighted by atomic mass is 10.3. The molecule has 0 atom stereocenters. The van der Waals surface area contributed by atoms with Crippen LogP contribution in [-0.4, -0.2) is 29.2 Å². The number of rotatable bonds is 3. The largest absolute Gasteiger partial charge is 0.388 e. The predicted octanol–water partition coefficient (Wildman–Crippen LogP) is 1.08. The third-order valence-corrected chi connectivity index (χ3v) is 2.05. The summed E-state index contributed by atoms with van der Waals surface area (Å²) in [6.07, 6.45) is 0. The molecule has 2 aromatic rings. The molecule has 0 radical (unpaired) electrons. The molecule has 0 aliphatic carbocycles. The quantitative estimate of drug-likeness (QED) is 0.790. The van der Waals surface area contributed by atoms with Crippen LogP contribution in [0.3, 0.4) is 0 Å². The highest BCUT2D eigenvalue weighted by molar-refractivity contribution is 5.78. The summed E-state index contributed by atoms with van der Waals surface area (Å²) < 4.78 is 6.73. The Bertz CT molecular complexity index is 437. The molecule has 1 heterocycles. The molecule has 0 fully saturated rings. The van der Waals surface area contributed by atoms with E-state index in [0.717, 1.165) is 16.7 Å². The normalized spacial score (nSPS) is 10.7. The van der Waals surface area contributed by atoms with Crippen molar-refractivity contribution in [1.82, 2.24) is 15.0 Å². The van der Waals surface area contributed by atoms with Crippen molar-refractivity contribution in [3.8, 4) is 0 Å². The van der Waals surface area contributed by atoms with E-state index < -0.39 is 0 Å². The molecule has 0 amide bonds. The molecule has 1 N–H and O–H groups in total. The number of methoxy groups -OCH3 is 1. The van der Waals surface area contributed by atoms with E-state index in [2.05, 4.69) is 15.6 Å². The molecular formula is C9H12N4O. The van der Waals surface area contributed by atoms with Gasteiger partial charge >= 0.3 is 0 Å². The summed E-state index contributed by atoms with van der Waals surface area (Å²) >= 11 is 0. The Balaban J connectivity index is 2.52. The lowest BCUT2D eigenvalue weighted by Gasteiger charge is -2.01. The van der Waals surface area contributed by atoms with Gasteiger partial charge in [-0.1, -0.05) is 5.21 Å². The Morgan fingerprint density at radius 3 is 3.07 bits per heavy atom. The first-order chi connectivity index (χ1) is 6.85. The van der Waals surface area contributed by atoms with Gasteiger partial charge in [0.2, 0.25) is 0 Å². The number of nitrogens with one attached hydrogen (secondary N) is 1. The Hall–Kier alpha value is -1.62. The molecule has 5 nitrogen and oxygen atoms in total. The summed E-state index contributed by atoms with van der Waals surface area (Å²) in [6, 6.07) is 5.89. The maximum absolute atomic E-state index is 5.01. The second-order valence-electron chi connectivity index (χ2n) is 2.96. The molecule has 74 valence electrons. The van der Waals surface area contributed by atoms with Gasteiger partial charge in [0, 0.05) is 19.8 Å². The van der Waals surface area contributed by atoms with Gasteiger partial charge in [0.05, 0.1) is 5.52 Å². The molecule has 0 saturated heterocycles. The maximum Gasteiger partial charge on any atom is 0.141 e. The Morgan fingerprint density at radius 2 is 2.36 bits per heavy atom. The van der Waals surface area contributed by atoms with Gasteiger partial charge in [-0.3, -0.25) is 0 Å². The molecule has 5 heteroatoms. The van der Waals surface area contributed by atoms with E-state index in [0.29, 0.717) is 6.73 Å². The third-order valence-electron chi connectivity index (χ3n) is 2.05. The van der Waals surface area contributed by atoms with Crippen molar-refractivity contribution in [2.45, 2.75) is 6.73 Å². The van der Waals surface area contributed by atoms with Crippen molar-refractivity contribution >= 4 is 16.7 Å². The SMILES string of the molecule is CNc1ccc2nnn(COC)c2c1. The number of aromatic nitrogens is 3. The molecule has 0 saturated carbocycles. The average Bonchev–Trinajstić information content (AvgIpc) is 2.61. The summed E-state index contributed by atoms with van der Waals surface area (Å²) in [4.78, 5) is 0. The van der Waals surface area contributed by atoms with E-state index in [4.69, 9.17) is 4.74 Å². The summed E-state index contributed by atoms with van der Waals surface area (Å²) in [5, 5.41) is 11.1. The highest BCUT2D eigenvalue weighted by atomic mass is 16.5. The van der Waals surface area contributed by atoms with Crippen LogP contribution in [0.1, 0.15) is 0 Å². The summed E-state index contributed by atoms with van der Waals surface area (Å²) in [5.41, 5.74) is 2.89. The Morgan fingerprint density at radius 1 is 1.50 bits per heavy atom. The Labute approximate surface area is 81.7 Å². The van der Waals surface area contributed by atoms with Gasteiger partial charge in [0.15, 0.2) is 0 Å². The number of hydrogen-bond donors (Lipinski definition) is 1. The third kappa shape index (κ3) is 1.42. The standard InChI is InChI=1S/C9H12N4O/c1-10-7-3-4-8-9(5-7)13(6-14-2)12-11-8/h3-5,10H,6H2,1-2H3. The summed E-state index contributed by atoms with van der Waals surface area (Å²) in [7, 11) is 3.51. The van der Waals surface area contributed by atoms with E-state index in [1.165, 1.54) is 0 Å². The minimum absolute atomic E-state index is 0.420. The molecule has 0 unspecified atom stereocenters. The smallest absolute Gasteiger partial charge is 0.141 e. The second-order valence-corrected chi connectivity index (χ2v) is 2.96. The van der Waals surface area contributed by atoms with Crippen LogP contribution in [0.4, 0.5) is 5.69 Å². The van der Waals surface area contributed by atoms with Crippen LogP contribution in [0.2, 0.25) is 0 Å². The molecule has 0 aliphatic heterocycles. The van der Waals surface area contributed by atoms with Crippen LogP contribution in [0.15, 0.2) is 18.2 Å². The number of nitrogens with zero attached hydrogens (tertiary/aromatic N) is 3. The molecule has 1 aromatic heterocycles. The van der Waals surface area contributed by atoms with Gasteiger partial charge in [0.25, 0.3) is 0 Å². The van der Waals surface area contributed by atoms with Crippen LogP contribution in [0.5, 0.6) is 0 Å². The first-order valence-electron chi connectivity index (χ1n) is 4.35. The highest BCUT2D eigenvalue weighted by Crippen LogP contribution is 2.16. The van der Waals surface area contributed by atoms with Gasteiger partial charge in [-0.25, -0.2) is 4.68 Å². The monoisotopic (exact) mass is 192 g/mol. The van der Waals surface area contributed by atoms with Gasteiger partial charge in [0.1, 0.15) is 12.2 Å². The first kappa shape index (κ1) is 8.96. The molecule has 1 aromatic carbocycles. The zero-order valence-electron chi connectivity index (χ0n) is 8.19. The van der Waals surface area contributed by atoms with E-state index in [1.54, 1.807) is 11.8 Å².